The first kappa shape index (κ1) is 12.2. The van der Waals surface area contributed by atoms with Gasteiger partial charge in [0.15, 0.2) is 0 Å². The zero-order valence-corrected chi connectivity index (χ0v) is 10.4. The van der Waals surface area contributed by atoms with Gasteiger partial charge in [0.05, 0.1) is 12.8 Å². The summed E-state index contributed by atoms with van der Waals surface area (Å²) in [5.41, 5.74) is 3.00. The number of carbonyl (C=O) groups excluding carboxylic acids is 1. The van der Waals surface area contributed by atoms with E-state index in [9.17, 15) is 4.79 Å². The van der Waals surface area contributed by atoms with Crippen molar-refractivity contribution in [3.63, 3.8) is 0 Å². The van der Waals surface area contributed by atoms with Gasteiger partial charge in [-0.15, -0.1) is 0 Å². The zero-order valence-electron chi connectivity index (χ0n) is 10.4. The molecule has 1 aromatic heterocycles. The van der Waals surface area contributed by atoms with Crippen LogP contribution in [-0.2, 0) is 16.0 Å². The molecule has 0 saturated heterocycles. The molecule has 92 valence electrons. The quantitative estimate of drug-likeness (QED) is 0.774. The number of aryl methyl sites for hydroxylation is 1. The van der Waals surface area contributed by atoms with E-state index in [1.54, 1.807) is 6.20 Å². The predicted molar refractivity (Wildman–Crippen MR) is 67.9 cm³/mol. The molecule has 0 atom stereocenters. The molecule has 0 amide bonds. The zero-order chi connectivity index (χ0) is 13.0. The molecule has 0 N–H and O–H groups in total. The number of esters is 1. The maximum Gasteiger partial charge on any atom is 0.313 e. The van der Waals surface area contributed by atoms with E-state index in [2.05, 4.69) is 14.7 Å². The third kappa shape index (κ3) is 2.91. The van der Waals surface area contributed by atoms with Crippen molar-refractivity contribution in [3.05, 3.63) is 47.9 Å². The number of benzene rings is 1. The lowest BCUT2D eigenvalue weighted by molar-refractivity contribution is -0.139. The van der Waals surface area contributed by atoms with Gasteiger partial charge in [0, 0.05) is 11.8 Å². The highest BCUT2D eigenvalue weighted by Crippen LogP contribution is 2.17. The molecule has 0 unspecified atom stereocenters. The van der Waals surface area contributed by atoms with Gasteiger partial charge in [-0.2, -0.15) is 0 Å². The van der Waals surface area contributed by atoms with Crippen LogP contribution in [0.3, 0.4) is 0 Å². The van der Waals surface area contributed by atoms with Gasteiger partial charge in [0.25, 0.3) is 0 Å². The molecule has 0 fully saturated rings. The van der Waals surface area contributed by atoms with E-state index in [-0.39, 0.29) is 12.4 Å². The summed E-state index contributed by atoms with van der Waals surface area (Å²) in [6.45, 7) is 2.03. The Morgan fingerprint density at radius 2 is 2.17 bits per heavy atom. The first-order valence-corrected chi connectivity index (χ1v) is 5.65. The van der Waals surface area contributed by atoms with Crippen molar-refractivity contribution in [1.82, 2.24) is 9.97 Å². The number of nitrogens with zero attached hydrogens (tertiary/aromatic N) is 2. The molecule has 0 bridgehead atoms. The van der Waals surface area contributed by atoms with Gasteiger partial charge in [0.2, 0.25) is 0 Å². The second kappa shape index (κ2) is 5.40. The van der Waals surface area contributed by atoms with Crippen LogP contribution in [-0.4, -0.2) is 23.0 Å². The molecule has 2 aromatic rings. The molecule has 0 aliphatic heterocycles. The Hall–Kier alpha value is -2.23. The number of ether oxygens (including phenoxy) is 1. The van der Waals surface area contributed by atoms with Crippen molar-refractivity contribution in [2.24, 2.45) is 0 Å². The summed E-state index contributed by atoms with van der Waals surface area (Å²) in [7, 11) is 1.35. The summed E-state index contributed by atoms with van der Waals surface area (Å²) < 4.78 is 4.60. The fourth-order valence-electron chi connectivity index (χ4n) is 1.65. The van der Waals surface area contributed by atoms with Crippen molar-refractivity contribution < 1.29 is 9.53 Å². The molecule has 1 aromatic carbocycles. The molecule has 0 aliphatic rings. The fraction of sp³-hybridized carbons (Fsp3) is 0.214. The lowest BCUT2D eigenvalue weighted by Gasteiger charge is -2.04. The van der Waals surface area contributed by atoms with Crippen LogP contribution < -0.4 is 0 Å². The van der Waals surface area contributed by atoms with Gasteiger partial charge in [-0.25, -0.2) is 9.97 Å². The number of carbonyl (C=O) groups is 1. The minimum Gasteiger partial charge on any atom is -0.469 e. The van der Waals surface area contributed by atoms with E-state index < -0.39 is 0 Å². The van der Waals surface area contributed by atoms with Crippen molar-refractivity contribution in [2.45, 2.75) is 13.3 Å². The molecule has 0 saturated carbocycles. The summed E-state index contributed by atoms with van der Waals surface area (Å²) in [4.78, 5) is 19.6. The van der Waals surface area contributed by atoms with E-state index in [1.165, 1.54) is 12.7 Å². The number of aromatic nitrogens is 2. The van der Waals surface area contributed by atoms with Crippen LogP contribution in [0.1, 0.15) is 11.4 Å². The van der Waals surface area contributed by atoms with Gasteiger partial charge in [-0.3, -0.25) is 4.79 Å². The summed E-state index contributed by atoms with van der Waals surface area (Å²) in [5.74, 6) is 0.136. The highest BCUT2D eigenvalue weighted by atomic mass is 16.5. The predicted octanol–water partition coefficient (Wildman–Crippen LogP) is 2.17. The first-order chi connectivity index (χ1) is 8.69. The third-order valence-electron chi connectivity index (χ3n) is 2.55. The van der Waals surface area contributed by atoms with Gasteiger partial charge in [-0.1, -0.05) is 23.8 Å². The molecule has 0 radical (unpaired) electrons. The summed E-state index contributed by atoms with van der Waals surface area (Å²) >= 11 is 0. The molecular weight excluding hydrogens is 228 g/mol. The fourth-order valence-corrected chi connectivity index (χ4v) is 1.65. The summed E-state index contributed by atoms with van der Waals surface area (Å²) in [6.07, 6.45) is 1.75. The lowest BCUT2D eigenvalue weighted by atomic mass is 10.1. The summed E-state index contributed by atoms with van der Waals surface area (Å²) in [5, 5.41) is 0. The normalized spacial score (nSPS) is 10.1. The average molecular weight is 242 g/mol. The van der Waals surface area contributed by atoms with Gasteiger partial charge < -0.3 is 4.74 Å². The monoisotopic (exact) mass is 242 g/mol. The molecular formula is C14H14N2O2. The van der Waals surface area contributed by atoms with Gasteiger partial charge >= 0.3 is 5.97 Å². The summed E-state index contributed by atoms with van der Waals surface area (Å²) in [6, 6.07) is 9.86. The Balaban J connectivity index is 2.29. The van der Waals surface area contributed by atoms with E-state index in [0.717, 1.165) is 11.3 Å². The second-order valence-electron chi connectivity index (χ2n) is 3.98. The van der Waals surface area contributed by atoms with Gasteiger partial charge in [-0.05, 0) is 19.1 Å². The Kier molecular flexibility index (Phi) is 3.67. The van der Waals surface area contributed by atoms with Crippen LogP contribution >= 0.6 is 0 Å². The van der Waals surface area contributed by atoms with E-state index in [4.69, 9.17) is 0 Å². The van der Waals surface area contributed by atoms with E-state index in [0.29, 0.717) is 5.82 Å². The SMILES string of the molecule is COC(=O)Cc1nccc(-c2cccc(C)c2)n1. The van der Waals surface area contributed by atoms with E-state index >= 15 is 0 Å². The molecule has 0 spiro atoms. The van der Waals surface area contributed by atoms with Crippen LogP contribution in [0.5, 0.6) is 0 Å². The van der Waals surface area contributed by atoms with Crippen LogP contribution in [0, 0.1) is 6.92 Å². The van der Waals surface area contributed by atoms with Crippen LogP contribution in [0.15, 0.2) is 36.5 Å². The van der Waals surface area contributed by atoms with Crippen LogP contribution in [0.25, 0.3) is 11.3 Å². The smallest absolute Gasteiger partial charge is 0.313 e. The Bertz CT molecular complexity index is 567. The molecule has 4 heteroatoms. The second-order valence-corrected chi connectivity index (χ2v) is 3.98. The molecule has 1 heterocycles. The highest BCUT2D eigenvalue weighted by molar-refractivity contribution is 5.71. The van der Waals surface area contributed by atoms with Crippen molar-refractivity contribution in [1.29, 1.82) is 0 Å². The third-order valence-corrected chi connectivity index (χ3v) is 2.55. The standard InChI is InChI=1S/C14H14N2O2/c1-10-4-3-5-11(8-10)12-6-7-15-13(16-12)9-14(17)18-2/h3-8H,9H2,1-2H3. The lowest BCUT2D eigenvalue weighted by Crippen LogP contribution is -2.08. The van der Waals surface area contributed by atoms with E-state index in [1.807, 2.05) is 37.3 Å². The number of hydrogen-bond donors (Lipinski definition) is 0. The first-order valence-electron chi connectivity index (χ1n) is 5.65. The Labute approximate surface area is 106 Å². The highest BCUT2D eigenvalue weighted by Gasteiger charge is 2.07. The maximum absolute atomic E-state index is 11.2. The molecule has 0 aliphatic carbocycles. The molecule has 4 nitrogen and oxygen atoms in total. The van der Waals surface area contributed by atoms with Crippen LogP contribution in [0.2, 0.25) is 0 Å². The average Bonchev–Trinajstić information content (AvgIpc) is 2.39. The number of rotatable bonds is 3. The van der Waals surface area contributed by atoms with Crippen molar-refractivity contribution >= 4 is 5.97 Å². The Morgan fingerprint density at radius 1 is 1.33 bits per heavy atom. The van der Waals surface area contributed by atoms with Crippen molar-refractivity contribution in [3.8, 4) is 11.3 Å². The Morgan fingerprint density at radius 3 is 2.89 bits per heavy atom. The number of methoxy groups -OCH3 is 1. The largest absolute Gasteiger partial charge is 0.469 e. The van der Waals surface area contributed by atoms with Gasteiger partial charge in [0.1, 0.15) is 12.2 Å². The minimum atomic E-state index is -0.337. The molecule has 18 heavy (non-hydrogen) atoms. The molecule has 2 rings (SSSR count). The maximum atomic E-state index is 11.2. The van der Waals surface area contributed by atoms with Crippen molar-refractivity contribution in [2.75, 3.05) is 7.11 Å². The number of hydrogen-bond acceptors (Lipinski definition) is 4. The topological polar surface area (TPSA) is 52.1 Å². The van der Waals surface area contributed by atoms with Crippen LogP contribution in [0.4, 0.5) is 0 Å². The minimum absolute atomic E-state index is 0.0934.